The zero-order valence-corrected chi connectivity index (χ0v) is 9.40. The number of rotatable bonds is 5. The fourth-order valence-electron chi connectivity index (χ4n) is 1.37. The molecule has 0 spiro atoms. The van der Waals surface area contributed by atoms with Crippen molar-refractivity contribution in [1.29, 1.82) is 0 Å². The molecule has 0 bridgehead atoms. The van der Waals surface area contributed by atoms with Crippen molar-refractivity contribution in [3.63, 3.8) is 0 Å². The van der Waals surface area contributed by atoms with E-state index >= 15 is 0 Å². The van der Waals surface area contributed by atoms with Crippen molar-refractivity contribution in [2.45, 2.75) is 13.0 Å². The molecule has 0 saturated carbocycles. The molecule has 0 aliphatic carbocycles. The van der Waals surface area contributed by atoms with Crippen molar-refractivity contribution in [1.82, 2.24) is 10.7 Å². The Hall–Kier alpha value is -1.72. The third kappa shape index (κ3) is 3.80. The number of nitrogens with zero attached hydrogens (tertiary/aromatic N) is 2. The predicted octanol–water partition coefficient (Wildman–Crippen LogP) is 0.426. The third-order valence-electron chi connectivity index (χ3n) is 2.13. The second kappa shape index (κ2) is 6.71. The molecule has 0 aliphatic heterocycles. The molecule has 5 heteroatoms. The lowest BCUT2D eigenvalue weighted by molar-refractivity contribution is 0.817. The highest BCUT2D eigenvalue weighted by atomic mass is 15.3. The summed E-state index contributed by atoms with van der Waals surface area (Å²) in [6.45, 7) is 4.15. The van der Waals surface area contributed by atoms with Crippen LogP contribution >= 0.6 is 0 Å². The van der Waals surface area contributed by atoms with Gasteiger partial charge in [0, 0.05) is 19.7 Å². The Kier molecular flexibility index (Phi) is 5.18. The average molecular weight is 219 g/mol. The minimum atomic E-state index is 0.594. The van der Waals surface area contributed by atoms with Crippen molar-refractivity contribution in [3.8, 4) is 0 Å². The Labute approximate surface area is 95.4 Å². The first-order valence-corrected chi connectivity index (χ1v) is 5.01. The van der Waals surface area contributed by atoms with Gasteiger partial charge < -0.3 is 10.7 Å². The van der Waals surface area contributed by atoms with Crippen LogP contribution in [0.5, 0.6) is 0 Å². The fourth-order valence-corrected chi connectivity index (χ4v) is 1.37. The summed E-state index contributed by atoms with van der Waals surface area (Å²) in [5.41, 5.74) is 4.86. The Morgan fingerprint density at radius 3 is 2.44 bits per heavy atom. The molecule has 0 aromatic heterocycles. The molecule has 0 atom stereocenters. The van der Waals surface area contributed by atoms with Crippen molar-refractivity contribution < 1.29 is 0 Å². The standard InChI is InChI=1S/C11H17N5/c1-13-8-10-5-3-9(4-6-10)7-11(15-12)16-14-2/h3-6,13H,2,7-8,12H2,1H3,(H,15,16). The molecular formula is C11H17N5. The second-order valence-electron chi connectivity index (χ2n) is 3.36. The van der Waals surface area contributed by atoms with E-state index in [1.165, 1.54) is 5.56 Å². The van der Waals surface area contributed by atoms with E-state index in [0.29, 0.717) is 12.3 Å². The zero-order valence-electron chi connectivity index (χ0n) is 9.40. The van der Waals surface area contributed by atoms with Gasteiger partial charge in [-0.05, 0) is 18.2 Å². The molecule has 4 N–H and O–H groups in total. The highest BCUT2D eigenvalue weighted by Crippen LogP contribution is 2.05. The number of nitrogens with one attached hydrogen (secondary N) is 2. The summed E-state index contributed by atoms with van der Waals surface area (Å²) >= 11 is 0. The van der Waals surface area contributed by atoms with Crippen LogP contribution in [0.1, 0.15) is 11.1 Å². The van der Waals surface area contributed by atoms with Crippen LogP contribution in [0.4, 0.5) is 0 Å². The van der Waals surface area contributed by atoms with E-state index in [9.17, 15) is 0 Å². The third-order valence-corrected chi connectivity index (χ3v) is 2.13. The molecular weight excluding hydrogens is 202 g/mol. The Balaban J connectivity index is 2.67. The number of amidine groups is 1. The minimum absolute atomic E-state index is 0.594. The van der Waals surface area contributed by atoms with Crippen LogP contribution in [0.2, 0.25) is 0 Å². The highest BCUT2D eigenvalue weighted by Gasteiger charge is 1.99. The van der Waals surface area contributed by atoms with E-state index in [-0.39, 0.29) is 0 Å². The van der Waals surface area contributed by atoms with Crippen molar-refractivity contribution in [2.24, 2.45) is 16.0 Å². The summed E-state index contributed by atoms with van der Waals surface area (Å²) in [5, 5.41) is 10.3. The molecule has 0 saturated heterocycles. The van der Waals surface area contributed by atoms with Gasteiger partial charge in [-0.2, -0.15) is 5.10 Å². The molecule has 5 nitrogen and oxygen atoms in total. The van der Waals surface area contributed by atoms with Gasteiger partial charge in [0.05, 0.1) is 0 Å². The van der Waals surface area contributed by atoms with Crippen LogP contribution in [0.15, 0.2) is 34.5 Å². The normalized spacial score (nSPS) is 11.2. The molecule has 1 rings (SSSR count). The smallest absolute Gasteiger partial charge is 0.143 e. The van der Waals surface area contributed by atoms with Crippen LogP contribution < -0.4 is 16.6 Å². The van der Waals surface area contributed by atoms with Crippen LogP contribution in [-0.4, -0.2) is 19.6 Å². The average Bonchev–Trinajstić information content (AvgIpc) is 2.31. The first-order chi connectivity index (χ1) is 7.80. The molecule has 0 aliphatic rings. The Bertz CT molecular complexity index is 355. The molecule has 0 heterocycles. The second-order valence-corrected chi connectivity index (χ2v) is 3.36. The first-order valence-electron chi connectivity index (χ1n) is 5.01. The summed E-state index contributed by atoms with van der Waals surface area (Å²) < 4.78 is 0. The number of hydrogen-bond acceptors (Lipinski definition) is 4. The van der Waals surface area contributed by atoms with Gasteiger partial charge in [0.25, 0.3) is 0 Å². The van der Waals surface area contributed by atoms with Gasteiger partial charge >= 0.3 is 0 Å². The zero-order chi connectivity index (χ0) is 11.8. The molecule has 0 fully saturated rings. The Morgan fingerprint density at radius 2 is 1.94 bits per heavy atom. The van der Waals surface area contributed by atoms with Gasteiger partial charge in [0.15, 0.2) is 0 Å². The molecule has 16 heavy (non-hydrogen) atoms. The first kappa shape index (κ1) is 12.4. The number of nitrogens with two attached hydrogens (primary N) is 1. The van der Waals surface area contributed by atoms with E-state index in [2.05, 4.69) is 39.8 Å². The largest absolute Gasteiger partial charge is 0.316 e. The molecule has 0 unspecified atom stereocenters. The van der Waals surface area contributed by atoms with E-state index in [1.807, 2.05) is 19.2 Å². The molecule has 86 valence electrons. The molecule has 0 radical (unpaired) electrons. The SMILES string of the molecule is C=N/N=C(/Cc1ccc(CNC)cc1)NN. The number of benzene rings is 1. The van der Waals surface area contributed by atoms with E-state index < -0.39 is 0 Å². The van der Waals surface area contributed by atoms with Crippen molar-refractivity contribution >= 4 is 12.6 Å². The summed E-state index contributed by atoms with van der Waals surface area (Å²) in [6, 6.07) is 8.23. The van der Waals surface area contributed by atoms with Gasteiger partial charge in [-0.1, -0.05) is 24.3 Å². The summed E-state index contributed by atoms with van der Waals surface area (Å²) in [5.74, 6) is 5.90. The maximum atomic E-state index is 5.31. The lowest BCUT2D eigenvalue weighted by Gasteiger charge is -2.05. The topological polar surface area (TPSA) is 74.8 Å². The maximum absolute atomic E-state index is 5.31. The summed E-state index contributed by atoms with van der Waals surface area (Å²) in [6.07, 6.45) is 0.620. The van der Waals surface area contributed by atoms with Crippen LogP contribution in [0, 0.1) is 0 Å². The van der Waals surface area contributed by atoms with Crippen molar-refractivity contribution in [3.05, 3.63) is 35.4 Å². The summed E-state index contributed by atoms with van der Waals surface area (Å²) in [7, 11) is 1.92. The van der Waals surface area contributed by atoms with Gasteiger partial charge in [-0.15, -0.1) is 5.10 Å². The number of hydrogen-bond donors (Lipinski definition) is 3. The van der Waals surface area contributed by atoms with Crippen molar-refractivity contribution in [2.75, 3.05) is 7.05 Å². The van der Waals surface area contributed by atoms with Crippen LogP contribution in [-0.2, 0) is 13.0 Å². The molecule has 1 aromatic rings. The predicted molar refractivity (Wildman–Crippen MR) is 67.2 cm³/mol. The van der Waals surface area contributed by atoms with Gasteiger partial charge in [0.2, 0.25) is 0 Å². The quantitative estimate of drug-likeness (QED) is 0.291. The maximum Gasteiger partial charge on any atom is 0.143 e. The van der Waals surface area contributed by atoms with Crippen LogP contribution in [0.25, 0.3) is 0 Å². The summed E-state index contributed by atoms with van der Waals surface area (Å²) in [4.78, 5) is 0. The van der Waals surface area contributed by atoms with E-state index in [0.717, 1.165) is 12.1 Å². The van der Waals surface area contributed by atoms with Gasteiger partial charge in [-0.25, -0.2) is 5.84 Å². The lowest BCUT2D eigenvalue weighted by atomic mass is 10.1. The Morgan fingerprint density at radius 1 is 1.31 bits per heavy atom. The monoisotopic (exact) mass is 219 g/mol. The van der Waals surface area contributed by atoms with Gasteiger partial charge in [-0.3, -0.25) is 0 Å². The molecule has 0 amide bonds. The molecule has 1 aromatic carbocycles. The highest BCUT2D eigenvalue weighted by molar-refractivity contribution is 5.83. The van der Waals surface area contributed by atoms with Gasteiger partial charge in [0.1, 0.15) is 5.84 Å². The van der Waals surface area contributed by atoms with E-state index in [4.69, 9.17) is 5.84 Å². The fraction of sp³-hybridized carbons (Fsp3) is 0.273. The van der Waals surface area contributed by atoms with Crippen LogP contribution in [0.3, 0.4) is 0 Å². The number of hydrazine groups is 1. The minimum Gasteiger partial charge on any atom is -0.316 e. The lowest BCUT2D eigenvalue weighted by Crippen LogP contribution is -2.31. The van der Waals surface area contributed by atoms with E-state index in [1.54, 1.807) is 0 Å².